The molecule has 7 heteroatoms. The smallest absolute Gasteiger partial charge is 0.465 e. The summed E-state index contributed by atoms with van der Waals surface area (Å²) in [7, 11) is 0. The number of rotatable bonds is 19. The van der Waals surface area contributed by atoms with Gasteiger partial charge in [0.25, 0.3) is 0 Å². The summed E-state index contributed by atoms with van der Waals surface area (Å²) < 4.78 is 32.8. The summed E-state index contributed by atoms with van der Waals surface area (Å²) in [4.78, 5) is 11.8. The summed E-state index contributed by atoms with van der Waals surface area (Å²) in [5, 5.41) is 0. The first-order valence-electron chi connectivity index (χ1n) is 17.8. The summed E-state index contributed by atoms with van der Waals surface area (Å²) in [6.07, 6.45) is 3.61. The van der Waals surface area contributed by atoms with Gasteiger partial charge in [-0.2, -0.15) is 0 Å². The van der Waals surface area contributed by atoms with Gasteiger partial charge in [-0.15, -0.1) is 0 Å². The Balaban J connectivity index is 0.000000419. The second-order valence-corrected chi connectivity index (χ2v) is 12.2. The van der Waals surface area contributed by atoms with Crippen LogP contribution in [-0.2, 0) is 14.2 Å². The number of hydrogen-bond donors (Lipinski definition) is 0. The lowest BCUT2D eigenvalue weighted by atomic mass is 9.99. The summed E-state index contributed by atoms with van der Waals surface area (Å²) in [6, 6.07) is 24.0. The fourth-order valence-corrected chi connectivity index (χ4v) is 4.74. The molecule has 3 aromatic carbocycles. The molecule has 266 valence electrons. The summed E-state index contributed by atoms with van der Waals surface area (Å²) in [5.41, 5.74) is 3.91. The molecule has 0 aromatic heterocycles. The van der Waals surface area contributed by atoms with E-state index < -0.39 is 6.16 Å². The molecule has 0 aliphatic carbocycles. The van der Waals surface area contributed by atoms with E-state index in [0.29, 0.717) is 49.7 Å². The van der Waals surface area contributed by atoms with E-state index in [4.69, 9.17) is 28.4 Å². The molecule has 0 fully saturated rings. The molecular weight excluding hydrogens is 604 g/mol. The average molecular weight is 665 g/mol. The van der Waals surface area contributed by atoms with E-state index in [-0.39, 0.29) is 12.6 Å². The number of carbonyl (C=O) groups excluding carboxylic acids is 1. The Labute approximate surface area is 290 Å². The Hall–Kier alpha value is -3.55. The normalized spacial score (nSPS) is 14.0. The van der Waals surface area contributed by atoms with Crippen LogP contribution in [0.1, 0.15) is 129 Å². The molecule has 0 saturated heterocycles. The Kier molecular flexibility index (Phi) is 19.4. The van der Waals surface area contributed by atoms with E-state index in [2.05, 4.69) is 65.8 Å². The summed E-state index contributed by atoms with van der Waals surface area (Å²) >= 11 is 0. The van der Waals surface area contributed by atoms with E-state index >= 15 is 0 Å². The molecule has 0 radical (unpaired) electrons. The molecule has 5 unspecified atom stereocenters. The van der Waals surface area contributed by atoms with Gasteiger partial charge in [0.15, 0.2) is 12.6 Å². The second-order valence-electron chi connectivity index (χ2n) is 12.2. The first-order chi connectivity index (χ1) is 23.1. The molecular formula is C41H60O7. The van der Waals surface area contributed by atoms with Gasteiger partial charge in [0.1, 0.15) is 17.2 Å². The molecule has 3 aromatic rings. The Bertz CT molecular complexity index is 1260. The molecule has 0 aliphatic heterocycles. The van der Waals surface area contributed by atoms with Crippen molar-refractivity contribution in [1.82, 2.24) is 0 Å². The minimum Gasteiger partial charge on any atom is -0.465 e. The van der Waals surface area contributed by atoms with Gasteiger partial charge in [0.05, 0.1) is 13.2 Å². The zero-order valence-corrected chi connectivity index (χ0v) is 30.8. The molecule has 0 bridgehead atoms. The fourth-order valence-electron chi connectivity index (χ4n) is 4.74. The fraction of sp³-hybridized carbons (Fsp3) is 0.537. The zero-order valence-electron chi connectivity index (χ0n) is 30.8. The lowest BCUT2D eigenvalue weighted by molar-refractivity contribution is -0.0684. The molecule has 3 rings (SSSR count). The highest BCUT2D eigenvalue weighted by Crippen LogP contribution is 2.24. The van der Waals surface area contributed by atoms with Gasteiger partial charge in [-0.05, 0) is 124 Å². The Morgan fingerprint density at radius 1 is 0.521 bits per heavy atom. The molecule has 0 aliphatic rings. The molecule has 0 amide bonds. The van der Waals surface area contributed by atoms with Crippen LogP contribution >= 0.6 is 0 Å². The highest BCUT2D eigenvalue weighted by Gasteiger charge is 2.10. The third-order valence-electron chi connectivity index (χ3n) is 8.50. The summed E-state index contributed by atoms with van der Waals surface area (Å²) in [5.74, 6) is 3.81. The van der Waals surface area contributed by atoms with Gasteiger partial charge < -0.3 is 28.4 Å². The van der Waals surface area contributed by atoms with E-state index in [9.17, 15) is 4.79 Å². The van der Waals surface area contributed by atoms with Gasteiger partial charge in [-0.25, -0.2) is 4.79 Å². The minimum absolute atomic E-state index is 0.181. The third-order valence-corrected chi connectivity index (χ3v) is 8.50. The van der Waals surface area contributed by atoms with E-state index in [1.807, 2.05) is 57.2 Å². The highest BCUT2D eigenvalue weighted by atomic mass is 16.7. The molecule has 48 heavy (non-hydrogen) atoms. The quantitative estimate of drug-likeness (QED) is 0.0546. The predicted molar refractivity (Wildman–Crippen MR) is 194 cm³/mol. The molecule has 0 N–H and O–H groups in total. The number of benzene rings is 3. The van der Waals surface area contributed by atoms with E-state index in [1.165, 1.54) is 16.7 Å². The van der Waals surface area contributed by atoms with Crippen molar-refractivity contribution in [2.24, 2.45) is 0 Å². The third kappa shape index (κ3) is 15.6. The zero-order chi connectivity index (χ0) is 35.3. The Morgan fingerprint density at radius 3 is 1.29 bits per heavy atom. The monoisotopic (exact) mass is 664 g/mol. The SMILES string of the molecule is CCC(C)c1ccc(OC(=O)OCCCCOC(C)Oc2ccc(C(C)CC)cc2)cc1.CCOC(C)Oc1ccc(C(C)CC)cc1. The van der Waals surface area contributed by atoms with Crippen molar-refractivity contribution in [1.29, 1.82) is 0 Å². The Morgan fingerprint density at radius 2 is 0.896 bits per heavy atom. The van der Waals surface area contributed by atoms with Crippen molar-refractivity contribution in [2.45, 2.75) is 125 Å². The number of unbranched alkanes of at least 4 members (excludes halogenated alkanes) is 1. The lowest BCUT2D eigenvalue weighted by Crippen LogP contribution is -2.17. The van der Waals surface area contributed by atoms with Crippen LogP contribution in [0.4, 0.5) is 4.79 Å². The number of carbonyl (C=O) groups is 1. The number of hydrogen-bond acceptors (Lipinski definition) is 7. The van der Waals surface area contributed by atoms with Crippen molar-refractivity contribution >= 4 is 6.16 Å². The molecule has 0 saturated carbocycles. The van der Waals surface area contributed by atoms with Gasteiger partial charge in [0, 0.05) is 6.61 Å². The first-order valence-corrected chi connectivity index (χ1v) is 17.8. The van der Waals surface area contributed by atoms with Crippen molar-refractivity contribution in [3.05, 3.63) is 89.5 Å². The predicted octanol–water partition coefficient (Wildman–Crippen LogP) is 11.4. The largest absolute Gasteiger partial charge is 0.513 e. The van der Waals surface area contributed by atoms with Crippen LogP contribution in [0.3, 0.4) is 0 Å². The van der Waals surface area contributed by atoms with Crippen LogP contribution in [-0.4, -0.2) is 38.6 Å². The van der Waals surface area contributed by atoms with Gasteiger partial charge in [-0.3, -0.25) is 0 Å². The van der Waals surface area contributed by atoms with Crippen molar-refractivity contribution in [3.63, 3.8) is 0 Å². The van der Waals surface area contributed by atoms with Crippen LogP contribution in [0.2, 0.25) is 0 Å². The van der Waals surface area contributed by atoms with Crippen LogP contribution < -0.4 is 14.2 Å². The van der Waals surface area contributed by atoms with Crippen molar-refractivity contribution < 1.29 is 33.2 Å². The molecule has 5 atom stereocenters. The average Bonchev–Trinajstić information content (AvgIpc) is 3.10. The van der Waals surface area contributed by atoms with Gasteiger partial charge in [0.2, 0.25) is 0 Å². The second kappa shape index (κ2) is 22.9. The lowest BCUT2D eigenvalue weighted by Gasteiger charge is -2.16. The number of ether oxygens (including phenoxy) is 6. The van der Waals surface area contributed by atoms with E-state index in [1.54, 1.807) is 12.1 Å². The van der Waals surface area contributed by atoms with Crippen molar-refractivity contribution in [3.8, 4) is 17.2 Å². The topological polar surface area (TPSA) is 72.5 Å². The summed E-state index contributed by atoms with van der Waals surface area (Å²) in [6.45, 7) is 20.4. The molecule has 0 heterocycles. The van der Waals surface area contributed by atoms with Crippen LogP contribution in [0.25, 0.3) is 0 Å². The standard InChI is InChI=1S/C27H38O5.C14H22O2/c1-6-20(3)23-10-14-25(15-11-23)31-22(5)29-18-8-9-19-30-27(28)32-26-16-12-24(13-17-26)21(4)7-2;1-5-11(3)13-7-9-14(10-8-13)16-12(4)15-6-2/h10-17,20-22H,6-9,18-19H2,1-5H3;7-12H,5-6H2,1-4H3. The van der Waals surface area contributed by atoms with Gasteiger partial charge >= 0.3 is 6.16 Å². The molecule has 7 nitrogen and oxygen atoms in total. The van der Waals surface area contributed by atoms with Gasteiger partial charge in [-0.1, -0.05) is 77.9 Å². The van der Waals surface area contributed by atoms with Crippen LogP contribution in [0, 0.1) is 0 Å². The minimum atomic E-state index is -0.681. The maximum absolute atomic E-state index is 11.8. The maximum Gasteiger partial charge on any atom is 0.513 e. The highest BCUT2D eigenvalue weighted by molar-refractivity contribution is 5.63. The van der Waals surface area contributed by atoms with Crippen molar-refractivity contribution in [2.75, 3.05) is 19.8 Å². The van der Waals surface area contributed by atoms with Crippen LogP contribution in [0.5, 0.6) is 17.2 Å². The molecule has 0 spiro atoms. The first kappa shape index (κ1) is 40.6. The van der Waals surface area contributed by atoms with Crippen LogP contribution in [0.15, 0.2) is 72.8 Å². The maximum atomic E-state index is 11.8. The van der Waals surface area contributed by atoms with E-state index in [0.717, 1.165) is 37.2 Å².